The maximum atomic E-state index is 12.0. The van der Waals surface area contributed by atoms with E-state index in [0.717, 1.165) is 18.8 Å². The van der Waals surface area contributed by atoms with Gasteiger partial charge in [-0.25, -0.2) is 4.98 Å². The van der Waals surface area contributed by atoms with E-state index in [1.54, 1.807) is 24.8 Å². The van der Waals surface area contributed by atoms with Crippen molar-refractivity contribution in [3.63, 3.8) is 0 Å². The highest BCUT2D eigenvalue weighted by Crippen LogP contribution is 2.21. The minimum atomic E-state index is -0.252. The van der Waals surface area contributed by atoms with Crippen molar-refractivity contribution in [2.45, 2.75) is 12.5 Å². The van der Waals surface area contributed by atoms with Gasteiger partial charge in [-0.2, -0.15) is 0 Å². The number of hydrogen-bond acceptors (Lipinski definition) is 7. The summed E-state index contributed by atoms with van der Waals surface area (Å²) in [6, 6.07) is 1.57. The predicted molar refractivity (Wildman–Crippen MR) is 75.4 cm³/mol. The second-order valence-corrected chi connectivity index (χ2v) is 5.09. The number of carbonyl (C=O) groups excluding carboxylic acids is 1. The van der Waals surface area contributed by atoms with E-state index in [0.29, 0.717) is 12.2 Å². The van der Waals surface area contributed by atoms with Crippen molar-refractivity contribution in [2.75, 3.05) is 18.0 Å². The molecule has 0 radical (unpaired) electrons. The molecule has 3 aromatic rings. The third-order valence-electron chi connectivity index (χ3n) is 3.68. The highest BCUT2D eigenvalue weighted by molar-refractivity contribution is 5.91. The summed E-state index contributed by atoms with van der Waals surface area (Å²) in [6.45, 7) is 1.46. The third-order valence-corrected chi connectivity index (χ3v) is 3.68. The Bertz CT molecular complexity index is 798. The molecule has 1 atom stereocenters. The van der Waals surface area contributed by atoms with Crippen LogP contribution < -0.4 is 10.2 Å². The van der Waals surface area contributed by atoms with Crippen LogP contribution in [0.3, 0.4) is 0 Å². The Balaban J connectivity index is 1.48. The number of carbonyl (C=O) groups is 1. The molecule has 0 aliphatic carbocycles. The molecule has 4 heterocycles. The maximum Gasteiger partial charge on any atom is 0.290 e. The summed E-state index contributed by atoms with van der Waals surface area (Å²) in [5, 5.41) is 14.5. The Hall–Kier alpha value is -2.97. The molecule has 1 aliphatic rings. The molecule has 0 aromatic carbocycles. The van der Waals surface area contributed by atoms with Crippen molar-refractivity contribution < 1.29 is 9.32 Å². The smallest absolute Gasteiger partial charge is 0.290 e. The second-order valence-electron chi connectivity index (χ2n) is 5.09. The molecular formula is C13H13N7O2. The quantitative estimate of drug-likeness (QED) is 0.733. The van der Waals surface area contributed by atoms with Crippen molar-refractivity contribution in [1.29, 1.82) is 0 Å². The van der Waals surface area contributed by atoms with Gasteiger partial charge in [-0.05, 0) is 6.42 Å². The number of hydrogen-bond donors (Lipinski definition) is 1. The van der Waals surface area contributed by atoms with E-state index in [2.05, 4.69) is 30.6 Å². The molecule has 1 saturated heterocycles. The Morgan fingerprint density at radius 1 is 1.41 bits per heavy atom. The standard InChI is InChI=1S/C13H13N7O2/c21-13(10-1-3-16-22-10)17-9-2-5-19(7-9)11-12-18-15-8-20(12)6-4-14-11/h1,3-4,6,8-9H,2,5,7H2,(H,17,21)/t9-/m0/s1. The van der Waals surface area contributed by atoms with Crippen LogP contribution in [-0.2, 0) is 0 Å². The van der Waals surface area contributed by atoms with Crippen molar-refractivity contribution >= 4 is 17.4 Å². The normalized spacial score (nSPS) is 18.0. The van der Waals surface area contributed by atoms with E-state index < -0.39 is 0 Å². The number of aromatic nitrogens is 5. The minimum Gasteiger partial charge on any atom is -0.351 e. The van der Waals surface area contributed by atoms with E-state index in [9.17, 15) is 4.79 Å². The van der Waals surface area contributed by atoms with Gasteiger partial charge in [0.1, 0.15) is 6.33 Å². The fourth-order valence-corrected chi connectivity index (χ4v) is 2.63. The van der Waals surface area contributed by atoms with Gasteiger partial charge in [-0.3, -0.25) is 9.20 Å². The summed E-state index contributed by atoms with van der Waals surface area (Å²) in [4.78, 5) is 18.4. The lowest BCUT2D eigenvalue weighted by Crippen LogP contribution is -2.37. The molecule has 9 heteroatoms. The summed E-state index contributed by atoms with van der Waals surface area (Å²) in [6.07, 6.45) is 7.44. The number of fused-ring (bicyclic) bond motifs is 1. The van der Waals surface area contributed by atoms with Crippen LogP contribution in [0.5, 0.6) is 0 Å². The van der Waals surface area contributed by atoms with Crippen LogP contribution in [0, 0.1) is 0 Å². The number of nitrogens with zero attached hydrogens (tertiary/aromatic N) is 6. The summed E-state index contributed by atoms with van der Waals surface area (Å²) < 4.78 is 6.68. The summed E-state index contributed by atoms with van der Waals surface area (Å²) in [7, 11) is 0. The lowest BCUT2D eigenvalue weighted by atomic mass is 10.2. The Labute approximate surface area is 124 Å². The highest BCUT2D eigenvalue weighted by atomic mass is 16.5. The first kappa shape index (κ1) is 12.7. The van der Waals surface area contributed by atoms with Gasteiger partial charge in [-0.15, -0.1) is 10.2 Å². The van der Waals surface area contributed by atoms with E-state index >= 15 is 0 Å². The van der Waals surface area contributed by atoms with Crippen LogP contribution in [0.25, 0.3) is 5.65 Å². The fraction of sp³-hybridized carbons (Fsp3) is 0.308. The molecule has 0 spiro atoms. The van der Waals surface area contributed by atoms with Crippen LogP contribution in [0.1, 0.15) is 17.0 Å². The predicted octanol–water partition coefficient (Wildman–Crippen LogP) is 0.121. The fourth-order valence-electron chi connectivity index (χ4n) is 2.63. The zero-order valence-corrected chi connectivity index (χ0v) is 11.6. The lowest BCUT2D eigenvalue weighted by molar-refractivity contribution is 0.0903. The first-order valence-electron chi connectivity index (χ1n) is 6.92. The molecule has 0 saturated carbocycles. The molecule has 112 valence electrons. The van der Waals surface area contributed by atoms with Gasteiger partial charge in [0.25, 0.3) is 5.91 Å². The van der Waals surface area contributed by atoms with Crippen molar-refractivity contribution in [3.05, 3.63) is 36.7 Å². The molecule has 3 aromatic heterocycles. The zero-order valence-electron chi connectivity index (χ0n) is 11.6. The zero-order chi connectivity index (χ0) is 14.9. The molecule has 1 fully saturated rings. The van der Waals surface area contributed by atoms with Crippen molar-refractivity contribution in [1.82, 2.24) is 30.1 Å². The molecule has 1 N–H and O–H groups in total. The largest absolute Gasteiger partial charge is 0.351 e. The molecule has 22 heavy (non-hydrogen) atoms. The molecule has 9 nitrogen and oxygen atoms in total. The van der Waals surface area contributed by atoms with Gasteiger partial charge >= 0.3 is 0 Å². The van der Waals surface area contributed by atoms with Crippen LogP contribution >= 0.6 is 0 Å². The van der Waals surface area contributed by atoms with Crippen molar-refractivity contribution in [3.8, 4) is 0 Å². The van der Waals surface area contributed by atoms with Crippen LogP contribution in [0.15, 0.2) is 35.5 Å². The van der Waals surface area contributed by atoms with Gasteiger partial charge in [-0.1, -0.05) is 5.16 Å². The van der Waals surface area contributed by atoms with Gasteiger partial charge in [0.15, 0.2) is 5.82 Å². The lowest BCUT2D eigenvalue weighted by Gasteiger charge is -2.17. The second kappa shape index (κ2) is 5.10. The Morgan fingerprint density at radius 2 is 2.36 bits per heavy atom. The summed E-state index contributed by atoms with van der Waals surface area (Å²) >= 11 is 0. The van der Waals surface area contributed by atoms with E-state index in [-0.39, 0.29) is 17.7 Å². The first-order valence-corrected chi connectivity index (χ1v) is 6.92. The first-order chi connectivity index (χ1) is 10.8. The molecule has 4 rings (SSSR count). The topological polar surface area (TPSA) is 101 Å². The SMILES string of the molecule is O=C(N[C@H]1CCN(c2nccn3cnnc23)C1)c1ccno1. The molecular weight excluding hydrogens is 286 g/mol. The summed E-state index contributed by atoms with van der Waals surface area (Å²) in [5.74, 6) is 0.741. The number of amides is 1. The summed E-state index contributed by atoms with van der Waals surface area (Å²) in [5.41, 5.74) is 0.713. The monoisotopic (exact) mass is 299 g/mol. The van der Waals surface area contributed by atoms with E-state index in [4.69, 9.17) is 4.52 Å². The average molecular weight is 299 g/mol. The number of rotatable bonds is 3. The average Bonchev–Trinajstić information content (AvgIpc) is 3.27. The minimum absolute atomic E-state index is 0.0302. The maximum absolute atomic E-state index is 12.0. The van der Waals surface area contributed by atoms with Crippen LogP contribution in [0.2, 0.25) is 0 Å². The van der Waals surface area contributed by atoms with E-state index in [1.165, 1.54) is 6.20 Å². The molecule has 1 amide bonds. The Kier molecular flexibility index (Phi) is 2.95. The van der Waals surface area contributed by atoms with Crippen LogP contribution in [-0.4, -0.2) is 49.8 Å². The van der Waals surface area contributed by atoms with Gasteiger partial charge in [0.2, 0.25) is 11.4 Å². The third kappa shape index (κ3) is 2.16. The number of anilines is 1. The highest BCUT2D eigenvalue weighted by Gasteiger charge is 2.27. The van der Waals surface area contributed by atoms with Gasteiger partial charge < -0.3 is 14.7 Å². The molecule has 1 aliphatic heterocycles. The van der Waals surface area contributed by atoms with Gasteiger partial charge in [0, 0.05) is 37.6 Å². The van der Waals surface area contributed by atoms with Crippen molar-refractivity contribution in [2.24, 2.45) is 0 Å². The number of nitrogens with one attached hydrogen (secondary N) is 1. The molecule has 0 unspecified atom stereocenters. The Morgan fingerprint density at radius 3 is 3.23 bits per heavy atom. The van der Waals surface area contributed by atoms with Gasteiger partial charge in [0.05, 0.1) is 6.20 Å². The van der Waals surface area contributed by atoms with Crippen LogP contribution in [0.4, 0.5) is 5.82 Å². The molecule has 0 bridgehead atoms. The van der Waals surface area contributed by atoms with E-state index in [1.807, 2.05) is 4.40 Å².